The predicted octanol–water partition coefficient (Wildman–Crippen LogP) is 3.20. The third kappa shape index (κ3) is 5.80. The van der Waals surface area contributed by atoms with Gasteiger partial charge in [0.05, 0.1) is 25.3 Å². The van der Waals surface area contributed by atoms with Crippen molar-refractivity contribution in [1.29, 1.82) is 5.26 Å². The summed E-state index contributed by atoms with van der Waals surface area (Å²) in [5.74, 6) is 3.63. The van der Waals surface area contributed by atoms with E-state index in [0.717, 1.165) is 19.6 Å². The first-order valence-electron chi connectivity index (χ1n) is 10.5. The van der Waals surface area contributed by atoms with Gasteiger partial charge in [0, 0.05) is 49.2 Å². The SMILES string of the molecule is COc1cc(C#N)ccc1OCCCC(=O)NCC1(N2CCSCC2)CCCC1. The molecule has 1 aliphatic heterocycles. The molecule has 0 atom stereocenters. The summed E-state index contributed by atoms with van der Waals surface area (Å²) < 4.78 is 11.0. The van der Waals surface area contributed by atoms with Crippen LogP contribution >= 0.6 is 11.8 Å². The summed E-state index contributed by atoms with van der Waals surface area (Å²) in [6, 6.07) is 7.17. The van der Waals surface area contributed by atoms with Gasteiger partial charge in [-0.25, -0.2) is 0 Å². The predicted molar refractivity (Wildman–Crippen MR) is 116 cm³/mol. The van der Waals surface area contributed by atoms with E-state index in [4.69, 9.17) is 14.7 Å². The average molecular weight is 418 g/mol. The van der Waals surface area contributed by atoms with Gasteiger partial charge in [-0.15, -0.1) is 0 Å². The molecule has 1 saturated heterocycles. The number of carbonyl (C=O) groups excluding carboxylic acids is 1. The number of nitrogens with one attached hydrogen (secondary N) is 1. The molecule has 1 amide bonds. The van der Waals surface area contributed by atoms with Gasteiger partial charge in [-0.05, 0) is 31.4 Å². The summed E-state index contributed by atoms with van der Waals surface area (Å²) in [5, 5.41) is 12.2. The van der Waals surface area contributed by atoms with Crippen molar-refractivity contribution >= 4 is 17.7 Å². The number of carbonyl (C=O) groups is 1. The van der Waals surface area contributed by atoms with Crippen LogP contribution < -0.4 is 14.8 Å². The lowest BCUT2D eigenvalue weighted by Crippen LogP contribution is -2.56. The molecule has 0 aromatic heterocycles. The Morgan fingerprint density at radius 3 is 2.72 bits per heavy atom. The number of benzene rings is 1. The molecule has 0 spiro atoms. The Bertz CT molecular complexity index is 723. The van der Waals surface area contributed by atoms with E-state index < -0.39 is 0 Å². The molecule has 0 bridgehead atoms. The number of thioether (sulfide) groups is 1. The molecule has 29 heavy (non-hydrogen) atoms. The zero-order valence-corrected chi connectivity index (χ0v) is 18.1. The van der Waals surface area contributed by atoms with Crippen molar-refractivity contribution in [2.24, 2.45) is 0 Å². The molecule has 1 N–H and O–H groups in total. The van der Waals surface area contributed by atoms with Crippen LogP contribution in [-0.2, 0) is 4.79 Å². The Morgan fingerprint density at radius 2 is 2.03 bits per heavy atom. The second kappa shape index (κ2) is 10.7. The summed E-state index contributed by atoms with van der Waals surface area (Å²) in [6.45, 7) is 3.48. The number of ether oxygens (including phenoxy) is 2. The van der Waals surface area contributed by atoms with Crippen LogP contribution in [0.25, 0.3) is 0 Å². The molecule has 3 rings (SSSR count). The Labute approximate surface area is 177 Å². The molecule has 1 heterocycles. The van der Waals surface area contributed by atoms with Crippen LogP contribution in [0, 0.1) is 11.3 Å². The molecular formula is C22H31N3O3S. The number of hydrogen-bond donors (Lipinski definition) is 1. The summed E-state index contributed by atoms with van der Waals surface area (Å²) >= 11 is 2.03. The fourth-order valence-electron chi connectivity index (χ4n) is 4.30. The Balaban J connectivity index is 1.41. The molecule has 1 aromatic carbocycles. The lowest BCUT2D eigenvalue weighted by molar-refractivity contribution is -0.122. The minimum Gasteiger partial charge on any atom is -0.493 e. The second-order valence-corrected chi connectivity index (χ2v) is 8.96. The fourth-order valence-corrected chi connectivity index (χ4v) is 5.20. The van der Waals surface area contributed by atoms with E-state index in [1.54, 1.807) is 25.3 Å². The Morgan fingerprint density at radius 1 is 1.28 bits per heavy atom. The van der Waals surface area contributed by atoms with E-state index in [0.29, 0.717) is 36.5 Å². The van der Waals surface area contributed by atoms with Crippen molar-refractivity contribution in [3.8, 4) is 17.6 Å². The lowest BCUT2D eigenvalue weighted by Gasteiger charge is -2.43. The first-order valence-corrected chi connectivity index (χ1v) is 11.6. The first kappa shape index (κ1) is 21.8. The minimum atomic E-state index is 0.0954. The number of hydrogen-bond acceptors (Lipinski definition) is 6. The van der Waals surface area contributed by atoms with Crippen molar-refractivity contribution in [2.45, 2.75) is 44.1 Å². The van der Waals surface area contributed by atoms with Gasteiger partial charge in [-0.2, -0.15) is 17.0 Å². The third-order valence-corrected chi connectivity index (χ3v) is 6.87. The maximum atomic E-state index is 12.4. The van der Waals surface area contributed by atoms with Crippen LogP contribution in [0.3, 0.4) is 0 Å². The third-order valence-electron chi connectivity index (χ3n) is 5.93. The molecule has 1 aromatic rings. The largest absolute Gasteiger partial charge is 0.493 e. The van der Waals surface area contributed by atoms with Gasteiger partial charge in [0.15, 0.2) is 11.5 Å². The average Bonchev–Trinajstić information content (AvgIpc) is 3.26. The van der Waals surface area contributed by atoms with Crippen molar-refractivity contribution in [3.05, 3.63) is 23.8 Å². The fraction of sp³-hybridized carbons (Fsp3) is 0.636. The summed E-state index contributed by atoms with van der Waals surface area (Å²) in [6.07, 6.45) is 6.01. The molecule has 1 saturated carbocycles. The first-order chi connectivity index (χ1) is 14.2. The molecule has 2 aliphatic rings. The Hall–Kier alpha value is -1.91. The summed E-state index contributed by atoms with van der Waals surface area (Å²) in [7, 11) is 1.55. The van der Waals surface area contributed by atoms with Crippen LogP contribution in [0.15, 0.2) is 18.2 Å². The molecule has 0 radical (unpaired) electrons. The molecule has 158 valence electrons. The van der Waals surface area contributed by atoms with E-state index in [9.17, 15) is 4.79 Å². The van der Waals surface area contributed by atoms with E-state index in [1.165, 1.54) is 37.2 Å². The van der Waals surface area contributed by atoms with E-state index >= 15 is 0 Å². The highest BCUT2D eigenvalue weighted by Gasteiger charge is 2.40. The lowest BCUT2D eigenvalue weighted by atomic mass is 9.94. The molecule has 0 unspecified atom stereocenters. The summed E-state index contributed by atoms with van der Waals surface area (Å²) in [5.41, 5.74) is 0.699. The molecule has 2 fully saturated rings. The number of amides is 1. The van der Waals surface area contributed by atoms with Gasteiger partial charge in [-0.3, -0.25) is 9.69 Å². The van der Waals surface area contributed by atoms with Crippen LogP contribution in [0.4, 0.5) is 0 Å². The van der Waals surface area contributed by atoms with E-state index in [2.05, 4.69) is 16.3 Å². The zero-order valence-electron chi connectivity index (χ0n) is 17.2. The van der Waals surface area contributed by atoms with Crippen LogP contribution in [-0.4, -0.2) is 61.2 Å². The standard InChI is InChI=1S/C22H31N3O3S/c1-27-20-15-18(16-23)6-7-19(20)28-12-4-5-21(26)24-17-22(8-2-3-9-22)25-10-13-29-14-11-25/h6-7,15H,2-5,8-14,17H2,1H3,(H,24,26). The molecular weight excluding hydrogens is 386 g/mol. The quantitative estimate of drug-likeness (QED) is 0.622. The van der Waals surface area contributed by atoms with Gasteiger partial charge < -0.3 is 14.8 Å². The highest BCUT2D eigenvalue weighted by molar-refractivity contribution is 7.99. The topological polar surface area (TPSA) is 74.6 Å². The van der Waals surface area contributed by atoms with E-state index in [1.807, 2.05) is 11.8 Å². The zero-order chi connectivity index (χ0) is 20.5. The number of nitriles is 1. The maximum absolute atomic E-state index is 12.4. The van der Waals surface area contributed by atoms with E-state index in [-0.39, 0.29) is 11.4 Å². The van der Waals surface area contributed by atoms with Crippen molar-refractivity contribution in [3.63, 3.8) is 0 Å². The van der Waals surface area contributed by atoms with Gasteiger partial charge >= 0.3 is 0 Å². The highest BCUT2D eigenvalue weighted by Crippen LogP contribution is 2.36. The molecule has 7 heteroatoms. The van der Waals surface area contributed by atoms with Gasteiger partial charge in [0.25, 0.3) is 0 Å². The minimum absolute atomic E-state index is 0.0954. The normalized spacial score (nSPS) is 18.8. The number of methoxy groups -OCH3 is 1. The van der Waals surface area contributed by atoms with Crippen LogP contribution in [0.2, 0.25) is 0 Å². The highest BCUT2D eigenvalue weighted by atomic mass is 32.2. The summed E-state index contributed by atoms with van der Waals surface area (Å²) in [4.78, 5) is 15.0. The van der Waals surface area contributed by atoms with Gasteiger partial charge in [-0.1, -0.05) is 12.8 Å². The maximum Gasteiger partial charge on any atom is 0.220 e. The number of nitrogens with zero attached hydrogens (tertiary/aromatic N) is 2. The second-order valence-electron chi connectivity index (χ2n) is 7.74. The van der Waals surface area contributed by atoms with Crippen molar-refractivity contribution in [1.82, 2.24) is 10.2 Å². The Kier molecular flexibility index (Phi) is 8.08. The van der Waals surface area contributed by atoms with Gasteiger partial charge in [0.1, 0.15) is 0 Å². The van der Waals surface area contributed by atoms with Crippen LogP contribution in [0.1, 0.15) is 44.1 Å². The van der Waals surface area contributed by atoms with Crippen molar-refractivity contribution < 1.29 is 14.3 Å². The molecule has 6 nitrogen and oxygen atoms in total. The van der Waals surface area contributed by atoms with Gasteiger partial charge in [0.2, 0.25) is 5.91 Å². The number of rotatable bonds is 9. The smallest absolute Gasteiger partial charge is 0.220 e. The van der Waals surface area contributed by atoms with Crippen molar-refractivity contribution in [2.75, 3.05) is 44.9 Å². The van der Waals surface area contributed by atoms with Crippen LogP contribution in [0.5, 0.6) is 11.5 Å². The monoisotopic (exact) mass is 417 g/mol. The molecule has 1 aliphatic carbocycles.